The third-order valence-electron chi connectivity index (χ3n) is 3.42. The number of rotatable bonds is 3. The lowest BCUT2D eigenvalue weighted by Gasteiger charge is -2.13. The molecule has 0 fully saturated rings. The van der Waals surface area contributed by atoms with Gasteiger partial charge in [0.05, 0.1) is 0 Å². The maximum absolute atomic E-state index is 11.4. The van der Waals surface area contributed by atoms with E-state index in [4.69, 9.17) is 0 Å². The van der Waals surface area contributed by atoms with Crippen molar-refractivity contribution in [3.8, 4) is 0 Å². The zero-order valence-corrected chi connectivity index (χ0v) is 8.88. The third-order valence-corrected chi connectivity index (χ3v) is 3.42. The van der Waals surface area contributed by atoms with Crippen LogP contribution in [-0.2, 0) is 4.79 Å². The zero-order valence-electron chi connectivity index (χ0n) is 8.88. The van der Waals surface area contributed by atoms with E-state index in [0.717, 1.165) is 6.42 Å². The van der Waals surface area contributed by atoms with Gasteiger partial charge < -0.3 is 0 Å². The second-order valence-electron chi connectivity index (χ2n) is 4.33. The molecule has 0 aromatic heterocycles. The summed E-state index contributed by atoms with van der Waals surface area (Å²) >= 11 is 0. The molecule has 0 aromatic rings. The summed E-state index contributed by atoms with van der Waals surface area (Å²) in [6.45, 7) is 1.96. The highest BCUT2D eigenvalue weighted by molar-refractivity contribution is 5.78. The van der Waals surface area contributed by atoms with Gasteiger partial charge in [0.15, 0.2) is 0 Å². The number of carbonyl (C=O) groups excluding carboxylic acids is 1. The highest BCUT2D eigenvalue weighted by Gasteiger charge is 2.25. The normalized spacial score (nSPS) is 25.4. The number of ketones is 1. The average Bonchev–Trinajstić information content (AvgIpc) is 2.62. The van der Waals surface area contributed by atoms with E-state index in [1.54, 1.807) is 5.57 Å². The van der Waals surface area contributed by atoms with Crippen molar-refractivity contribution in [2.75, 3.05) is 0 Å². The van der Waals surface area contributed by atoms with E-state index >= 15 is 0 Å². The lowest BCUT2D eigenvalue weighted by Crippen LogP contribution is -2.07. The molecule has 1 nitrogen and oxygen atoms in total. The fourth-order valence-electron chi connectivity index (χ4n) is 2.56. The number of carbonyl (C=O) groups is 1. The van der Waals surface area contributed by atoms with Crippen LogP contribution in [-0.4, -0.2) is 5.78 Å². The third kappa shape index (κ3) is 1.82. The van der Waals surface area contributed by atoms with Gasteiger partial charge in [-0.15, -0.1) is 0 Å². The van der Waals surface area contributed by atoms with E-state index in [2.05, 4.69) is 12.2 Å². The van der Waals surface area contributed by atoms with Crippen molar-refractivity contribution in [2.24, 2.45) is 5.92 Å². The van der Waals surface area contributed by atoms with Gasteiger partial charge in [-0.2, -0.15) is 0 Å². The van der Waals surface area contributed by atoms with E-state index < -0.39 is 0 Å². The van der Waals surface area contributed by atoms with Crippen molar-refractivity contribution < 1.29 is 4.79 Å². The molecule has 2 aliphatic carbocycles. The second kappa shape index (κ2) is 4.12. The first-order valence-corrected chi connectivity index (χ1v) is 5.71. The molecule has 0 aromatic carbocycles. The summed E-state index contributed by atoms with van der Waals surface area (Å²) in [7, 11) is 0. The standard InChI is InChI=1S/C13H18O/c1-2-12(14)9-11-8-7-10-5-3-4-6-13(10)11/h4,6,11H,2-3,5,7-9H2,1H3/t11-/m0/s1. The molecular formula is C13H18O. The first-order chi connectivity index (χ1) is 6.81. The van der Waals surface area contributed by atoms with Gasteiger partial charge in [0.1, 0.15) is 5.78 Å². The Bertz CT molecular complexity index is 296. The molecule has 14 heavy (non-hydrogen) atoms. The minimum Gasteiger partial charge on any atom is -0.300 e. The highest BCUT2D eigenvalue weighted by atomic mass is 16.1. The van der Waals surface area contributed by atoms with Gasteiger partial charge in [0.25, 0.3) is 0 Å². The van der Waals surface area contributed by atoms with Crippen LogP contribution in [0, 0.1) is 5.92 Å². The van der Waals surface area contributed by atoms with Gasteiger partial charge in [-0.25, -0.2) is 0 Å². The number of hydrogen-bond acceptors (Lipinski definition) is 1. The van der Waals surface area contributed by atoms with Crippen molar-refractivity contribution in [3.63, 3.8) is 0 Å². The summed E-state index contributed by atoms with van der Waals surface area (Å²) in [5.74, 6) is 0.969. The molecule has 0 unspecified atom stereocenters. The lowest BCUT2D eigenvalue weighted by molar-refractivity contribution is -0.119. The summed E-state index contributed by atoms with van der Waals surface area (Å²) in [5.41, 5.74) is 3.12. The monoisotopic (exact) mass is 190 g/mol. The molecule has 76 valence electrons. The van der Waals surface area contributed by atoms with E-state index in [9.17, 15) is 4.79 Å². The van der Waals surface area contributed by atoms with Gasteiger partial charge in [0.2, 0.25) is 0 Å². The predicted molar refractivity (Wildman–Crippen MR) is 58.0 cm³/mol. The van der Waals surface area contributed by atoms with Crippen LogP contribution in [0.1, 0.15) is 45.4 Å². The van der Waals surface area contributed by atoms with E-state index in [-0.39, 0.29) is 0 Å². The summed E-state index contributed by atoms with van der Waals surface area (Å²) in [5, 5.41) is 0. The smallest absolute Gasteiger partial charge is 0.133 e. The Morgan fingerprint density at radius 3 is 3.14 bits per heavy atom. The van der Waals surface area contributed by atoms with Crippen molar-refractivity contribution in [1.82, 2.24) is 0 Å². The van der Waals surface area contributed by atoms with E-state index in [1.165, 1.54) is 31.3 Å². The molecule has 2 aliphatic rings. The molecule has 0 spiro atoms. The Morgan fingerprint density at radius 1 is 1.50 bits per heavy atom. The number of allylic oxidation sites excluding steroid dienone is 4. The molecule has 0 aliphatic heterocycles. The van der Waals surface area contributed by atoms with Gasteiger partial charge in [-0.1, -0.05) is 24.6 Å². The van der Waals surface area contributed by atoms with Crippen LogP contribution in [0.3, 0.4) is 0 Å². The molecule has 0 N–H and O–H groups in total. The number of Topliss-reactive ketones (excluding diaryl/α,β-unsaturated/α-hetero) is 1. The Kier molecular flexibility index (Phi) is 2.85. The SMILES string of the molecule is CCC(=O)C[C@@H]1CCC2=C1C=CCC2. The van der Waals surface area contributed by atoms with Crippen LogP contribution in [0.5, 0.6) is 0 Å². The van der Waals surface area contributed by atoms with Crippen LogP contribution in [0.25, 0.3) is 0 Å². The Labute approximate surface area is 85.9 Å². The van der Waals surface area contributed by atoms with Crippen LogP contribution >= 0.6 is 0 Å². The molecule has 0 bridgehead atoms. The van der Waals surface area contributed by atoms with Crippen molar-refractivity contribution in [1.29, 1.82) is 0 Å². The quantitative estimate of drug-likeness (QED) is 0.666. The van der Waals surface area contributed by atoms with Crippen molar-refractivity contribution >= 4 is 5.78 Å². The average molecular weight is 190 g/mol. The number of hydrogen-bond donors (Lipinski definition) is 0. The van der Waals surface area contributed by atoms with Crippen LogP contribution in [0.4, 0.5) is 0 Å². The van der Waals surface area contributed by atoms with Gasteiger partial charge in [-0.3, -0.25) is 4.79 Å². The Morgan fingerprint density at radius 2 is 2.36 bits per heavy atom. The molecule has 0 heterocycles. The Hall–Kier alpha value is -0.850. The largest absolute Gasteiger partial charge is 0.300 e. The molecule has 2 rings (SSSR count). The molecule has 0 saturated carbocycles. The van der Waals surface area contributed by atoms with Gasteiger partial charge >= 0.3 is 0 Å². The van der Waals surface area contributed by atoms with Crippen molar-refractivity contribution in [3.05, 3.63) is 23.3 Å². The Balaban J connectivity index is 2.05. The predicted octanol–water partition coefficient (Wildman–Crippen LogP) is 3.41. The lowest BCUT2D eigenvalue weighted by atomic mass is 9.91. The zero-order chi connectivity index (χ0) is 9.97. The molecule has 0 amide bonds. The van der Waals surface area contributed by atoms with Crippen molar-refractivity contribution in [2.45, 2.75) is 45.4 Å². The highest BCUT2D eigenvalue weighted by Crippen LogP contribution is 2.39. The summed E-state index contributed by atoms with van der Waals surface area (Å²) in [6.07, 6.45) is 10.9. The van der Waals surface area contributed by atoms with Crippen LogP contribution < -0.4 is 0 Å². The van der Waals surface area contributed by atoms with Crippen LogP contribution in [0.2, 0.25) is 0 Å². The topological polar surface area (TPSA) is 17.1 Å². The maximum atomic E-state index is 11.4. The van der Waals surface area contributed by atoms with Crippen LogP contribution in [0.15, 0.2) is 23.3 Å². The summed E-state index contributed by atoms with van der Waals surface area (Å²) in [6, 6.07) is 0. The first-order valence-electron chi connectivity index (χ1n) is 5.71. The molecule has 0 radical (unpaired) electrons. The summed E-state index contributed by atoms with van der Waals surface area (Å²) in [4.78, 5) is 11.4. The van der Waals surface area contributed by atoms with E-state index in [0.29, 0.717) is 18.1 Å². The molecule has 0 saturated heterocycles. The van der Waals surface area contributed by atoms with Gasteiger partial charge in [-0.05, 0) is 37.2 Å². The fraction of sp³-hybridized carbons (Fsp3) is 0.615. The summed E-state index contributed by atoms with van der Waals surface area (Å²) < 4.78 is 0. The minimum atomic E-state index is 0.419. The minimum absolute atomic E-state index is 0.419. The molecular weight excluding hydrogens is 172 g/mol. The first kappa shape index (κ1) is 9.70. The van der Waals surface area contributed by atoms with E-state index in [1.807, 2.05) is 6.92 Å². The maximum Gasteiger partial charge on any atom is 0.133 e. The molecule has 1 atom stereocenters. The molecule has 1 heteroatoms. The fourth-order valence-corrected chi connectivity index (χ4v) is 2.56. The van der Waals surface area contributed by atoms with Gasteiger partial charge in [0, 0.05) is 12.8 Å². The second-order valence-corrected chi connectivity index (χ2v) is 4.33.